The summed E-state index contributed by atoms with van der Waals surface area (Å²) >= 11 is 0. The molecule has 2 spiro atoms. The Labute approximate surface area is 130 Å². The first kappa shape index (κ1) is 13.5. The van der Waals surface area contributed by atoms with Crippen molar-refractivity contribution < 1.29 is 19.1 Å². The van der Waals surface area contributed by atoms with Gasteiger partial charge in [-0.3, -0.25) is 14.5 Å². The summed E-state index contributed by atoms with van der Waals surface area (Å²) in [7, 11) is 1.46. The van der Waals surface area contributed by atoms with E-state index in [9.17, 15) is 9.59 Å². The van der Waals surface area contributed by atoms with Gasteiger partial charge >= 0.3 is 5.97 Å². The van der Waals surface area contributed by atoms with Crippen molar-refractivity contribution in [1.82, 2.24) is 4.90 Å². The van der Waals surface area contributed by atoms with Crippen LogP contribution < -0.4 is 0 Å². The van der Waals surface area contributed by atoms with E-state index in [-0.39, 0.29) is 35.0 Å². The van der Waals surface area contributed by atoms with Gasteiger partial charge in [0.2, 0.25) is 0 Å². The van der Waals surface area contributed by atoms with Crippen molar-refractivity contribution in [3.63, 3.8) is 0 Å². The Balaban J connectivity index is 1.66. The van der Waals surface area contributed by atoms with Gasteiger partial charge in [-0.25, -0.2) is 0 Å². The molecule has 120 valence electrons. The summed E-state index contributed by atoms with van der Waals surface area (Å²) in [5.74, 6) is 0.539. The van der Waals surface area contributed by atoms with Crippen LogP contribution in [0.4, 0.5) is 0 Å². The van der Waals surface area contributed by atoms with E-state index in [0.29, 0.717) is 18.1 Å². The van der Waals surface area contributed by atoms with Crippen LogP contribution in [-0.4, -0.2) is 48.7 Å². The molecule has 0 amide bonds. The monoisotopic (exact) mass is 305 g/mol. The topological polar surface area (TPSA) is 59.1 Å². The molecule has 5 aliphatic rings. The molecule has 3 saturated heterocycles. The van der Waals surface area contributed by atoms with Crippen molar-refractivity contribution >= 4 is 11.8 Å². The highest BCUT2D eigenvalue weighted by Crippen LogP contribution is 2.74. The maximum absolute atomic E-state index is 12.7. The van der Waals surface area contributed by atoms with Gasteiger partial charge in [-0.05, 0) is 38.0 Å². The summed E-state index contributed by atoms with van der Waals surface area (Å²) in [5.41, 5.74) is -0.353. The average Bonchev–Trinajstić information content (AvgIpc) is 3.20. The molecule has 5 heteroatoms. The van der Waals surface area contributed by atoms with E-state index < -0.39 is 0 Å². The van der Waals surface area contributed by atoms with E-state index in [1.165, 1.54) is 7.11 Å². The molecule has 5 rings (SSSR count). The minimum Gasteiger partial charge on any atom is -0.469 e. The fourth-order valence-corrected chi connectivity index (χ4v) is 6.68. The Bertz CT molecular complexity index is 563. The minimum absolute atomic E-state index is 0.0198. The number of ether oxygens (including phenoxy) is 2. The van der Waals surface area contributed by atoms with Crippen LogP contribution in [0, 0.1) is 23.2 Å². The van der Waals surface area contributed by atoms with Crippen LogP contribution in [-0.2, 0) is 19.1 Å². The Kier molecular flexibility index (Phi) is 2.53. The second kappa shape index (κ2) is 4.12. The van der Waals surface area contributed by atoms with Gasteiger partial charge < -0.3 is 9.47 Å². The molecule has 3 heterocycles. The van der Waals surface area contributed by atoms with E-state index >= 15 is 0 Å². The molecule has 0 radical (unpaired) electrons. The molecule has 5 nitrogen and oxygen atoms in total. The first-order valence-corrected chi connectivity index (χ1v) is 8.68. The number of carbonyl (C=O) groups is 2. The zero-order valence-corrected chi connectivity index (χ0v) is 13.0. The number of epoxide rings is 1. The first-order valence-electron chi connectivity index (χ1n) is 8.68. The number of rotatable bonds is 1. The smallest absolute Gasteiger partial charge is 0.311 e. The number of ketones is 1. The lowest BCUT2D eigenvalue weighted by molar-refractivity contribution is -0.153. The molecule has 0 aromatic heterocycles. The summed E-state index contributed by atoms with van der Waals surface area (Å²) in [6, 6.07) is 0. The predicted molar refractivity (Wildman–Crippen MR) is 76.8 cm³/mol. The van der Waals surface area contributed by atoms with Crippen LogP contribution in [0.3, 0.4) is 0 Å². The zero-order valence-electron chi connectivity index (χ0n) is 13.0. The van der Waals surface area contributed by atoms with Crippen molar-refractivity contribution in [2.75, 3.05) is 20.2 Å². The lowest BCUT2D eigenvalue weighted by atomic mass is 9.55. The molecule has 2 saturated carbocycles. The normalized spacial score (nSPS) is 55.0. The third-order valence-corrected chi connectivity index (χ3v) is 7.31. The minimum atomic E-state index is -0.333. The van der Waals surface area contributed by atoms with E-state index in [1.807, 2.05) is 0 Å². The van der Waals surface area contributed by atoms with Gasteiger partial charge in [0.1, 0.15) is 11.9 Å². The summed E-state index contributed by atoms with van der Waals surface area (Å²) < 4.78 is 11.4. The van der Waals surface area contributed by atoms with Gasteiger partial charge in [-0.15, -0.1) is 0 Å². The molecule has 0 aromatic rings. The van der Waals surface area contributed by atoms with Crippen LogP contribution in [0.1, 0.15) is 38.5 Å². The van der Waals surface area contributed by atoms with Gasteiger partial charge in [0.05, 0.1) is 13.0 Å². The molecule has 5 fully saturated rings. The van der Waals surface area contributed by atoms with E-state index in [0.717, 1.165) is 45.2 Å². The lowest BCUT2D eigenvalue weighted by Crippen LogP contribution is -2.63. The van der Waals surface area contributed by atoms with Crippen molar-refractivity contribution in [3.8, 4) is 0 Å². The lowest BCUT2D eigenvalue weighted by Gasteiger charge is -2.53. The van der Waals surface area contributed by atoms with Crippen LogP contribution >= 0.6 is 0 Å². The molecule has 1 unspecified atom stereocenters. The van der Waals surface area contributed by atoms with Crippen LogP contribution in [0.5, 0.6) is 0 Å². The molecular weight excluding hydrogens is 282 g/mol. The molecule has 7 atom stereocenters. The molecule has 22 heavy (non-hydrogen) atoms. The second-order valence-electron chi connectivity index (χ2n) is 7.79. The third-order valence-electron chi connectivity index (χ3n) is 7.31. The summed E-state index contributed by atoms with van der Waals surface area (Å²) in [5, 5.41) is 0. The Hall–Kier alpha value is -0.940. The van der Waals surface area contributed by atoms with Gasteiger partial charge in [0.15, 0.2) is 5.72 Å². The second-order valence-corrected chi connectivity index (χ2v) is 7.79. The summed E-state index contributed by atoms with van der Waals surface area (Å²) in [4.78, 5) is 27.4. The largest absolute Gasteiger partial charge is 0.469 e. The number of esters is 1. The van der Waals surface area contributed by atoms with Crippen LogP contribution in [0.15, 0.2) is 0 Å². The summed E-state index contributed by atoms with van der Waals surface area (Å²) in [6.07, 6.45) is 5.69. The number of nitrogens with zero attached hydrogens (tertiary/aromatic N) is 1. The van der Waals surface area contributed by atoms with E-state index in [2.05, 4.69) is 4.90 Å². The highest BCUT2D eigenvalue weighted by Gasteiger charge is 2.83. The van der Waals surface area contributed by atoms with Crippen molar-refractivity contribution in [2.24, 2.45) is 23.2 Å². The van der Waals surface area contributed by atoms with Crippen LogP contribution in [0.2, 0.25) is 0 Å². The number of hydrogen-bond acceptors (Lipinski definition) is 5. The number of hydrogen-bond donors (Lipinski definition) is 0. The standard InChI is InChI=1S/C17H23NO4/c1-21-15(20)11-8-10-9-13(19)12-4-2-6-18-7-3-5-16(10,12)17(18)14(11)22-17/h10-12,14H,2-9H2,1H3/t10-,11+,12-,14+,16+,17+/m1/s1. The van der Waals surface area contributed by atoms with Gasteiger partial charge in [0.25, 0.3) is 0 Å². The first-order chi connectivity index (χ1) is 10.6. The maximum Gasteiger partial charge on any atom is 0.311 e. The number of piperidine rings is 1. The van der Waals surface area contributed by atoms with Crippen LogP contribution in [0.25, 0.3) is 0 Å². The molecular formula is C17H23NO4. The highest BCUT2D eigenvalue weighted by atomic mass is 16.6. The fraction of sp³-hybridized carbons (Fsp3) is 0.882. The zero-order chi connectivity index (χ0) is 15.1. The summed E-state index contributed by atoms with van der Waals surface area (Å²) in [6.45, 7) is 2.04. The molecule has 2 aliphatic carbocycles. The third kappa shape index (κ3) is 1.27. The van der Waals surface area contributed by atoms with Crippen molar-refractivity contribution in [3.05, 3.63) is 0 Å². The highest BCUT2D eigenvalue weighted by molar-refractivity contribution is 5.86. The Morgan fingerprint density at radius 2 is 2.18 bits per heavy atom. The SMILES string of the molecule is COC(=O)[C@H]1C[C@@H]2CC(=O)[C@H]3CCCN4CCC[C@]23[C@]42O[C@@H]12. The number of Topliss-reactive ketones (excluding diaryl/α,β-unsaturated/α-hetero) is 1. The maximum atomic E-state index is 12.7. The van der Waals surface area contributed by atoms with Crippen molar-refractivity contribution in [1.29, 1.82) is 0 Å². The van der Waals surface area contributed by atoms with Gasteiger partial charge in [0, 0.05) is 30.8 Å². The average molecular weight is 305 g/mol. The number of carbonyl (C=O) groups excluding carboxylic acids is 2. The van der Waals surface area contributed by atoms with E-state index in [4.69, 9.17) is 9.47 Å². The van der Waals surface area contributed by atoms with Gasteiger partial charge in [-0.1, -0.05) is 0 Å². The van der Waals surface area contributed by atoms with Gasteiger partial charge in [-0.2, -0.15) is 0 Å². The van der Waals surface area contributed by atoms with E-state index in [1.54, 1.807) is 0 Å². The number of methoxy groups -OCH3 is 1. The molecule has 0 N–H and O–H groups in total. The van der Waals surface area contributed by atoms with Crippen molar-refractivity contribution in [2.45, 2.75) is 50.4 Å². The Morgan fingerprint density at radius 3 is 3.00 bits per heavy atom. The Morgan fingerprint density at radius 1 is 1.36 bits per heavy atom. The molecule has 2 bridgehead atoms. The quantitative estimate of drug-likeness (QED) is 0.541. The molecule has 3 aliphatic heterocycles. The fourth-order valence-electron chi connectivity index (χ4n) is 6.68. The molecule has 0 aromatic carbocycles. The predicted octanol–water partition coefficient (Wildman–Crippen LogP) is 1.36.